The number of hydrogen-bond donors (Lipinski definition) is 1. The van der Waals surface area contributed by atoms with Crippen molar-refractivity contribution in [3.05, 3.63) is 39.5 Å². The number of aryl methyl sites for hydroxylation is 3. The van der Waals surface area contributed by atoms with Gasteiger partial charge in [-0.2, -0.15) is 0 Å². The Morgan fingerprint density at radius 1 is 1.25 bits per heavy atom. The topological polar surface area (TPSA) is 85.1 Å². The van der Waals surface area contributed by atoms with E-state index in [0.717, 1.165) is 16.5 Å². The average Bonchev–Trinajstić information content (AvgIpc) is 3.02. The summed E-state index contributed by atoms with van der Waals surface area (Å²) in [6.45, 7) is 7.19. The second kappa shape index (κ2) is 6.16. The van der Waals surface area contributed by atoms with E-state index in [1.165, 1.54) is 18.3 Å². The molecule has 0 atom stereocenters. The van der Waals surface area contributed by atoms with Gasteiger partial charge >= 0.3 is 0 Å². The van der Waals surface area contributed by atoms with Crippen molar-refractivity contribution in [3.63, 3.8) is 0 Å². The lowest BCUT2D eigenvalue weighted by atomic mass is 10.0. The summed E-state index contributed by atoms with van der Waals surface area (Å²) < 4.78 is 5.33. The first-order valence-electron chi connectivity index (χ1n) is 7.49. The summed E-state index contributed by atoms with van der Waals surface area (Å²) in [5.41, 5.74) is 4.01. The number of thiazole rings is 1. The largest absolute Gasteiger partial charge is 0.356 e. The smallest absolute Gasteiger partial charge is 0.232 e. The Hall–Kier alpha value is -2.54. The zero-order chi connectivity index (χ0) is 17.4. The normalized spacial score (nSPS) is 11.0. The van der Waals surface area contributed by atoms with Gasteiger partial charge in [-0.05, 0) is 38.0 Å². The fourth-order valence-corrected chi connectivity index (χ4v) is 3.61. The predicted molar refractivity (Wildman–Crippen MR) is 92.7 cm³/mol. The molecule has 2 aromatic heterocycles. The van der Waals surface area contributed by atoms with Gasteiger partial charge in [0.1, 0.15) is 5.69 Å². The van der Waals surface area contributed by atoms with Crippen molar-refractivity contribution in [1.29, 1.82) is 0 Å². The highest BCUT2D eigenvalue weighted by Gasteiger charge is 2.17. The van der Waals surface area contributed by atoms with Gasteiger partial charge in [0, 0.05) is 12.3 Å². The standard InChI is InChI=1S/C17H17N3O3S/c1-8-5-9(2)15-12(20-23-13(15)6-8)7-14(22)19-17-18-10(3)16(24-17)11(4)21/h5-6H,7H2,1-4H3,(H,18,19,22). The van der Waals surface area contributed by atoms with Gasteiger partial charge in [0.25, 0.3) is 0 Å². The minimum absolute atomic E-state index is 0.0565. The average molecular weight is 343 g/mol. The van der Waals surface area contributed by atoms with Crippen molar-refractivity contribution in [1.82, 2.24) is 10.1 Å². The third-order valence-electron chi connectivity index (χ3n) is 3.68. The first-order valence-corrected chi connectivity index (χ1v) is 8.30. The molecule has 2 heterocycles. The van der Waals surface area contributed by atoms with E-state index in [-0.39, 0.29) is 18.1 Å². The van der Waals surface area contributed by atoms with Gasteiger partial charge in [0.05, 0.1) is 17.0 Å². The van der Waals surface area contributed by atoms with E-state index >= 15 is 0 Å². The molecule has 1 N–H and O–H groups in total. The van der Waals surface area contributed by atoms with Crippen LogP contribution in [0.1, 0.15) is 39.1 Å². The number of anilines is 1. The molecule has 3 aromatic rings. The number of carbonyl (C=O) groups is 2. The summed E-state index contributed by atoms with van der Waals surface area (Å²) in [7, 11) is 0. The molecule has 0 saturated heterocycles. The highest BCUT2D eigenvalue weighted by molar-refractivity contribution is 7.17. The van der Waals surface area contributed by atoms with Gasteiger partial charge in [-0.3, -0.25) is 9.59 Å². The third kappa shape index (κ3) is 3.07. The molecule has 0 unspecified atom stereocenters. The maximum Gasteiger partial charge on any atom is 0.232 e. The molecule has 24 heavy (non-hydrogen) atoms. The van der Waals surface area contributed by atoms with Crippen molar-refractivity contribution in [2.45, 2.75) is 34.1 Å². The van der Waals surface area contributed by atoms with Crippen molar-refractivity contribution in [3.8, 4) is 0 Å². The van der Waals surface area contributed by atoms with Crippen LogP contribution in [0.2, 0.25) is 0 Å². The van der Waals surface area contributed by atoms with Crippen molar-refractivity contribution in [2.24, 2.45) is 0 Å². The van der Waals surface area contributed by atoms with E-state index in [0.29, 0.717) is 27.0 Å². The lowest BCUT2D eigenvalue weighted by molar-refractivity contribution is -0.115. The molecule has 0 spiro atoms. The van der Waals surface area contributed by atoms with Crippen LogP contribution in [0, 0.1) is 20.8 Å². The molecule has 0 fully saturated rings. The third-order valence-corrected chi connectivity index (χ3v) is 4.85. The van der Waals surface area contributed by atoms with E-state index < -0.39 is 0 Å². The Balaban J connectivity index is 1.81. The molecular weight excluding hydrogens is 326 g/mol. The minimum Gasteiger partial charge on any atom is -0.356 e. The van der Waals surface area contributed by atoms with Crippen molar-refractivity contribution in [2.75, 3.05) is 5.32 Å². The number of amides is 1. The van der Waals surface area contributed by atoms with E-state index in [1.54, 1.807) is 6.92 Å². The number of ketones is 1. The second-order valence-corrected chi connectivity index (χ2v) is 6.80. The quantitative estimate of drug-likeness (QED) is 0.732. The number of rotatable bonds is 4. The molecule has 124 valence electrons. The second-order valence-electron chi connectivity index (χ2n) is 5.80. The SMILES string of the molecule is CC(=O)c1sc(NC(=O)Cc2noc3cc(C)cc(C)c23)nc1C. The van der Waals surface area contributed by atoms with Crippen LogP contribution in [-0.2, 0) is 11.2 Å². The molecule has 0 aliphatic carbocycles. The van der Waals surface area contributed by atoms with E-state index in [2.05, 4.69) is 15.5 Å². The van der Waals surface area contributed by atoms with Crippen LogP contribution in [0.5, 0.6) is 0 Å². The highest BCUT2D eigenvalue weighted by Crippen LogP contribution is 2.26. The summed E-state index contributed by atoms with van der Waals surface area (Å²) in [4.78, 5) is 28.5. The van der Waals surface area contributed by atoms with Crippen molar-refractivity contribution < 1.29 is 14.1 Å². The summed E-state index contributed by atoms with van der Waals surface area (Å²) in [5, 5.41) is 8.04. The zero-order valence-corrected chi connectivity index (χ0v) is 14.7. The summed E-state index contributed by atoms with van der Waals surface area (Å²) in [6, 6.07) is 3.93. The molecule has 3 rings (SSSR count). The number of carbonyl (C=O) groups excluding carboxylic acids is 2. The molecule has 0 aliphatic heterocycles. The molecule has 1 aromatic carbocycles. The maximum atomic E-state index is 12.3. The van der Waals surface area contributed by atoms with Crippen molar-refractivity contribution >= 4 is 39.1 Å². The van der Waals surface area contributed by atoms with E-state index in [1.807, 2.05) is 26.0 Å². The Morgan fingerprint density at radius 2 is 2.00 bits per heavy atom. The zero-order valence-electron chi connectivity index (χ0n) is 13.9. The minimum atomic E-state index is -0.242. The van der Waals surface area contributed by atoms with Gasteiger partial charge in [-0.15, -0.1) is 0 Å². The van der Waals surface area contributed by atoms with Crippen LogP contribution in [0.15, 0.2) is 16.7 Å². The maximum absolute atomic E-state index is 12.3. The fourth-order valence-electron chi connectivity index (χ4n) is 2.73. The van der Waals surface area contributed by atoms with Gasteiger partial charge < -0.3 is 9.84 Å². The molecule has 1 amide bonds. The molecular formula is C17H17N3O3S. The summed E-state index contributed by atoms with van der Waals surface area (Å²) in [5.74, 6) is -0.298. The predicted octanol–water partition coefficient (Wildman–Crippen LogP) is 3.59. The number of nitrogens with zero attached hydrogens (tertiary/aromatic N) is 2. The fraction of sp³-hybridized carbons (Fsp3) is 0.294. The lowest BCUT2D eigenvalue weighted by Crippen LogP contribution is -2.14. The molecule has 0 saturated carbocycles. The van der Waals surface area contributed by atoms with Crippen LogP contribution >= 0.6 is 11.3 Å². The van der Waals surface area contributed by atoms with Crippen LogP contribution in [0.3, 0.4) is 0 Å². The Morgan fingerprint density at radius 3 is 2.67 bits per heavy atom. The van der Waals surface area contributed by atoms with E-state index in [4.69, 9.17) is 4.52 Å². The Bertz CT molecular complexity index is 956. The molecule has 7 heteroatoms. The van der Waals surface area contributed by atoms with Gasteiger partial charge in [0.15, 0.2) is 16.5 Å². The monoisotopic (exact) mass is 343 g/mol. The number of benzene rings is 1. The molecule has 0 aliphatic rings. The summed E-state index contributed by atoms with van der Waals surface area (Å²) >= 11 is 1.18. The molecule has 6 nitrogen and oxygen atoms in total. The first kappa shape index (κ1) is 16.3. The lowest BCUT2D eigenvalue weighted by Gasteiger charge is -2.01. The number of Topliss-reactive ketones (excluding diaryl/α,β-unsaturated/α-hetero) is 1. The summed E-state index contributed by atoms with van der Waals surface area (Å²) in [6.07, 6.45) is 0.0882. The Kier molecular flexibility index (Phi) is 4.19. The van der Waals surface area contributed by atoms with Crippen LogP contribution in [-0.4, -0.2) is 21.8 Å². The Labute approximate surface area is 142 Å². The first-order chi connectivity index (χ1) is 11.3. The number of fused-ring (bicyclic) bond motifs is 1. The highest BCUT2D eigenvalue weighted by atomic mass is 32.1. The van der Waals surface area contributed by atoms with Crippen LogP contribution < -0.4 is 5.32 Å². The van der Waals surface area contributed by atoms with E-state index in [9.17, 15) is 9.59 Å². The van der Waals surface area contributed by atoms with Gasteiger partial charge in [0.2, 0.25) is 5.91 Å². The molecule has 0 bridgehead atoms. The van der Waals surface area contributed by atoms with Gasteiger partial charge in [-0.25, -0.2) is 4.98 Å². The van der Waals surface area contributed by atoms with Crippen LogP contribution in [0.4, 0.5) is 5.13 Å². The van der Waals surface area contributed by atoms with Crippen LogP contribution in [0.25, 0.3) is 11.0 Å². The number of nitrogens with one attached hydrogen (secondary N) is 1. The molecule has 0 radical (unpaired) electrons. The van der Waals surface area contributed by atoms with Gasteiger partial charge in [-0.1, -0.05) is 22.6 Å². The number of aromatic nitrogens is 2. The number of hydrogen-bond acceptors (Lipinski definition) is 6.